The molecule has 0 saturated carbocycles. The van der Waals surface area contributed by atoms with Crippen LogP contribution in [0.15, 0.2) is 48.5 Å². The molecule has 1 atom stereocenters. The topological polar surface area (TPSA) is 82.6 Å². The van der Waals surface area contributed by atoms with E-state index in [4.69, 9.17) is 14.2 Å². The zero-order chi connectivity index (χ0) is 17.9. The molecule has 0 bridgehead atoms. The molecular formula is C18H15N3O4S. The van der Waals surface area contributed by atoms with Gasteiger partial charge in [-0.25, -0.2) is 0 Å². The number of anilines is 1. The van der Waals surface area contributed by atoms with Crippen molar-refractivity contribution in [2.45, 2.75) is 6.10 Å². The summed E-state index contributed by atoms with van der Waals surface area (Å²) in [6.07, 6.45) is -0.742. The lowest BCUT2D eigenvalue weighted by Gasteiger charge is -2.25. The third kappa shape index (κ3) is 3.31. The Labute approximate surface area is 153 Å². The number of benzene rings is 2. The fourth-order valence-corrected chi connectivity index (χ4v) is 3.22. The summed E-state index contributed by atoms with van der Waals surface area (Å²) in [5.41, 5.74) is 0.869. The van der Waals surface area contributed by atoms with E-state index in [1.807, 2.05) is 36.4 Å². The summed E-state index contributed by atoms with van der Waals surface area (Å²) in [7, 11) is 1.61. The Balaban J connectivity index is 1.45. The van der Waals surface area contributed by atoms with Gasteiger partial charge in [0.2, 0.25) is 11.2 Å². The highest BCUT2D eigenvalue weighted by Gasteiger charge is 2.28. The fourth-order valence-electron chi connectivity index (χ4n) is 2.48. The van der Waals surface area contributed by atoms with Crippen molar-refractivity contribution >= 4 is 22.4 Å². The zero-order valence-electron chi connectivity index (χ0n) is 13.8. The van der Waals surface area contributed by atoms with E-state index in [9.17, 15) is 4.79 Å². The number of rotatable bonds is 4. The largest absolute Gasteiger partial charge is 0.497 e. The van der Waals surface area contributed by atoms with Gasteiger partial charge in [-0.2, -0.15) is 0 Å². The van der Waals surface area contributed by atoms with Crippen LogP contribution in [0.5, 0.6) is 17.2 Å². The Hall–Kier alpha value is -3.13. The molecule has 4 rings (SSSR count). The Morgan fingerprint density at radius 3 is 2.88 bits per heavy atom. The molecular weight excluding hydrogens is 354 g/mol. The lowest BCUT2D eigenvalue weighted by molar-refractivity contribution is -0.125. The molecule has 2 aromatic carbocycles. The summed E-state index contributed by atoms with van der Waals surface area (Å²) < 4.78 is 16.5. The number of para-hydroxylation sites is 2. The number of carbonyl (C=O) groups excluding carboxylic acids is 1. The molecule has 1 aromatic heterocycles. The van der Waals surface area contributed by atoms with Gasteiger partial charge in [-0.1, -0.05) is 35.6 Å². The Morgan fingerprint density at radius 1 is 1.19 bits per heavy atom. The molecule has 132 valence electrons. The number of ether oxygens (including phenoxy) is 3. The number of nitrogens with one attached hydrogen (secondary N) is 1. The SMILES string of the molecule is COc1cccc(-c2nnc(NC(=O)[C@H]3COc4ccccc4O3)s2)c1. The third-order valence-electron chi connectivity index (χ3n) is 3.77. The lowest BCUT2D eigenvalue weighted by Crippen LogP contribution is -2.40. The Bertz CT molecular complexity index is 943. The summed E-state index contributed by atoms with van der Waals surface area (Å²) in [5.74, 6) is 1.59. The van der Waals surface area contributed by atoms with E-state index in [2.05, 4.69) is 15.5 Å². The van der Waals surface area contributed by atoms with Crippen LogP contribution in [0.3, 0.4) is 0 Å². The van der Waals surface area contributed by atoms with E-state index in [1.165, 1.54) is 11.3 Å². The average molecular weight is 369 g/mol. The van der Waals surface area contributed by atoms with Crippen molar-refractivity contribution in [3.05, 3.63) is 48.5 Å². The van der Waals surface area contributed by atoms with Gasteiger partial charge in [0.15, 0.2) is 11.5 Å². The molecule has 0 aliphatic carbocycles. The molecule has 8 heteroatoms. The smallest absolute Gasteiger partial charge is 0.270 e. The van der Waals surface area contributed by atoms with Crippen LogP contribution in [0.2, 0.25) is 0 Å². The van der Waals surface area contributed by atoms with Crippen LogP contribution < -0.4 is 19.5 Å². The molecule has 2 heterocycles. The van der Waals surface area contributed by atoms with E-state index >= 15 is 0 Å². The minimum atomic E-state index is -0.742. The molecule has 0 fully saturated rings. The number of hydrogen-bond acceptors (Lipinski definition) is 7. The molecule has 7 nitrogen and oxygen atoms in total. The fraction of sp³-hybridized carbons (Fsp3) is 0.167. The van der Waals surface area contributed by atoms with Gasteiger partial charge in [0.05, 0.1) is 7.11 Å². The number of amides is 1. The summed E-state index contributed by atoms with van der Waals surface area (Å²) in [4.78, 5) is 12.4. The molecule has 1 amide bonds. The summed E-state index contributed by atoms with van der Waals surface area (Å²) >= 11 is 1.28. The van der Waals surface area contributed by atoms with Gasteiger partial charge >= 0.3 is 0 Å². The van der Waals surface area contributed by atoms with Crippen LogP contribution in [0, 0.1) is 0 Å². The number of aromatic nitrogens is 2. The monoisotopic (exact) mass is 369 g/mol. The van der Waals surface area contributed by atoms with Crippen molar-refractivity contribution < 1.29 is 19.0 Å². The van der Waals surface area contributed by atoms with E-state index < -0.39 is 6.10 Å². The average Bonchev–Trinajstić information content (AvgIpc) is 3.16. The second-order valence-electron chi connectivity index (χ2n) is 5.50. The minimum absolute atomic E-state index is 0.143. The highest BCUT2D eigenvalue weighted by atomic mass is 32.1. The van der Waals surface area contributed by atoms with Crippen molar-refractivity contribution in [3.63, 3.8) is 0 Å². The normalized spacial score (nSPS) is 15.3. The molecule has 3 aromatic rings. The maximum absolute atomic E-state index is 12.4. The van der Waals surface area contributed by atoms with Crippen LogP contribution >= 0.6 is 11.3 Å². The van der Waals surface area contributed by atoms with Crippen molar-refractivity contribution in [2.24, 2.45) is 0 Å². The van der Waals surface area contributed by atoms with E-state index in [1.54, 1.807) is 19.2 Å². The van der Waals surface area contributed by atoms with E-state index in [0.717, 1.165) is 11.3 Å². The van der Waals surface area contributed by atoms with Crippen LogP contribution in [0.1, 0.15) is 0 Å². The van der Waals surface area contributed by atoms with Crippen molar-refractivity contribution in [1.82, 2.24) is 10.2 Å². The molecule has 1 aliphatic rings. The Morgan fingerprint density at radius 2 is 2.04 bits per heavy atom. The molecule has 1 N–H and O–H groups in total. The highest BCUT2D eigenvalue weighted by Crippen LogP contribution is 2.32. The molecule has 0 spiro atoms. The molecule has 0 unspecified atom stereocenters. The highest BCUT2D eigenvalue weighted by molar-refractivity contribution is 7.18. The summed E-state index contributed by atoms with van der Waals surface area (Å²) in [6, 6.07) is 14.7. The number of nitrogens with zero attached hydrogens (tertiary/aromatic N) is 2. The number of fused-ring (bicyclic) bond motifs is 1. The molecule has 26 heavy (non-hydrogen) atoms. The molecule has 0 radical (unpaired) electrons. The summed E-state index contributed by atoms with van der Waals surface area (Å²) in [6.45, 7) is 0.143. The van der Waals surface area contributed by atoms with Crippen molar-refractivity contribution in [3.8, 4) is 27.8 Å². The first-order chi connectivity index (χ1) is 12.7. The van der Waals surface area contributed by atoms with Gasteiger partial charge < -0.3 is 14.2 Å². The van der Waals surface area contributed by atoms with Gasteiger partial charge in [-0.15, -0.1) is 10.2 Å². The first-order valence-corrected chi connectivity index (χ1v) is 8.72. The molecule has 0 saturated heterocycles. The predicted molar refractivity (Wildman–Crippen MR) is 96.9 cm³/mol. The van der Waals surface area contributed by atoms with Crippen molar-refractivity contribution in [1.29, 1.82) is 0 Å². The number of carbonyl (C=O) groups is 1. The van der Waals surface area contributed by atoms with Crippen LogP contribution in [-0.2, 0) is 4.79 Å². The maximum atomic E-state index is 12.4. The van der Waals surface area contributed by atoms with Crippen molar-refractivity contribution in [2.75, 3.05) is 19.0 Å². The van der Waals surface area contributed by atoms with Crippen LogP contribution in [-0.4, -0.2) is 35.9 Å². The predicted octanol–water partition coefficient (Wildman–Crippen LogP) is 2.99. The number of methoxy groups -OCH3 is 1. The zero-order valence-corrected chi connectivity index (χ0v) is 14.7. The first kappa shape index (κ1) is 16.3. The number of hydrogen-bond donors (Lipinski definition) is 1. The second-order valence-corrected chi connectivity index (χ2v) is 6.48. The maximum Gasteiger partial charge on any atom is 0.270 e. The summed E-state index contributed by atoms with van der Waals surface area (Å²) in [5, 5.41) is 12.0. The first-order valence-electron chi connectivity index (χ1n) is 7.90. The van der Waals surface area contributed by atoms with E-state index in [0.29, 0.717) is 21.6 Å². The molecule has 1 aliphatic heterocycles. The quantitative estimate of drug-likeness (QED) is 0.761. The van der Waals surface area contributed by atoms with Gasteiger partial charge in [0, 0.05) is 5.56 Å². The van der Waals surface area contributed by atoms with Gasteiger partial charge in [0.1, 0.15) is 17.4 Å². The third-order valence-corrected chi connectivity index (χ3v) is 4.66. The lowest BCUT2D eigenvalue weighted by atomic mass is 10.2. The Kier molecular flexibility index (Phi) is 4.40. The van der Waals surface area contributed by atoms with Gasteiger partial charge in [-0.05, 0) is 24.3 Å². The van der Waals surface area contributed by atoms with Gasteiger partial charge in [-0.3, -0.25) is 10.1 Å². The standard InChI is InChI=1S/C18H15N3O4S/c1-23-12-6-4-5-11(9-12)17-20-21-18(26-17)19-16(22)15-10-24-13-7-2-3-8-14(13)25-15/h2-9,15H,10H2,1H3,(H,19,21,22)/t15-/m1/s1. The minimum Gasteiger partial charge on any atom is -0.497 e. The second kappa shape index (κ2) is 7.01. The van der Waals surface area contributed by atoms with E-state index in [-0.39, 0.29) is 12.5 Å². The van der Waals surface area contributed by atoms with Gasteiger partial charge in [0.25, 0.3) is 5.91 Å². The van der Waals surface area contributed by atoms with Crippen LogP contribution in [0.4, 0.5) is 5.13 Å². The van der Waals surface area contributed by atoms with Crippen LogP contribution in [0.25, 0.3) is 10.6 Å².